The summed E-state index contributed by atoms with van der Waals surface area (Å²) in [6.45, 7) is 9.91. The van der Waals surface area contributed by atoms with Gasteiger partial charge in [0.15, 0.2) is 0 Å². The van der Waals surface area contributed by atoms with Crippen LogP contribution in [0.5, 0.6) is 0 Å². The molecule has 0 radical (unpaired) electrons. The Morgan fingerprint density at radius 3 is 2.58 bits per heavy atom. The quantitative estimate of drug-likeness (QED) is 0.244. The second-order valence-corrected chi connectivity index (χ2v) is 8.12. The standard InChI is InChI=1S/C23H22F2N4OS.C2H6/c1-3-29(27-14-30)12-20(19-10-18(24)8-9-21(19)25)15(2)23-28-22(13-31-23)17-6-4-16(11-26)5-7-17;1-2/h3-10,13-15,20,23,28H,1,12H2,2H3,(H,27,30);1-2H3/p+1/t15?,20-,23?;/m0./s1. The normalized spacial score (nSPS) is 16.6. The molecule has 0 fully saturated rings. The largest absolute Gasteiger partial charge is 0.583 e. The van der Waals surface area contributed by atoms with Gasteiger partial charge in [-0.2, -0.15) is 5.26 Å². The smallest absolute Gasteiger partial charge is 0.335 e. The van der Waals surface area contributed by atoms with E-state index < -0.39 is 17.6 Å². The summed E-state index contributed by atoms with van der Waals surface area (Å²) in [4.78, 5) is 0. The van der Waals surface area contributed by atoms with E-state index in [-0.39, 0.29) is 23.4 Å². The van der Waals surface area contributed by atoms with Crippen LogP contribution >= 0.6 is 11.8 Å². The van der Waals surface area contributed by atoms with Gasteiger partial charge in [-0.15, -0.1) is 11.8 Å². The van der Waals surface area contributed by atoms with E-state index in [0.29, 0.717) is 5.56 Å². The number of hydrogen-bond acceptors (Lipinski definition) is 5. The fraction of sp³-hybridized carbons (Fsp3) is 0.280. The van der Waals surface area contributed by atoms with Gasteiger partial charge < -0.3 is 10.4 Å². The molecule has 1 aliphatic rings. The molecule has 0 bridgehead atoms. The number of benzene rings is 2. The number of rotatable bonds is 8. The van der Waals surface area contributed by atoms with Crippen LogP contribution in [-0.2, 0) is 0 Å². The second kappa shape index (κ2) is 12.7. The van der Waals surface area contributed by atoms with Gasteiger partial charge in [-0.1, -0.05) is 44.6 Å². The maximum absolute atomic E-state index is 14.7. The van der Waals surface area contributed by atoms with Gasteiger partial charge in [0.05, 0.1) is 17.0 Å². The van der Waals surface area contributed by atoms with Crippen LogP contribution in [0.25, 0.3) is 5.70 Å². The zero-order valence-electron chi connectivity index (χ0n) is 18.9. The van der Waals surface area contributed by atoms with E-state index in [1.807, 2.05) is 38.3 Å². The van der Waals surface area contributed by atoms with Crippen LogP contribution in [0.2, 0.25) is 0 Å². The van der Waals surface area contributed by atoms with Crippen LogP contribution in [0.3, 0.4) is 0 Å². The van der Waals surface area contributed by atoms with Gasteiger partial charge in [-0.25, -0.2) is 8.78 Å². The lowest BCUT2D eigenvalue weighted by molar-refractivity contribution is 0.297. The molecule has 3 N–H and O–H groups in total. The fourth-order valence-corrected chi connectivity index (χ4v) is 4.62. The molecule has 0 aromatic heterocycles. The Balaban J connectivity index is 0.00000187. The molecule has 1 aliphatic heterocycles. The Morgan fingerprint density at radius 1 is 1.27 bits per heavy atom. The summed E-state index contributed by atoms with van der Waals surface area (Å²) in [5.41, 5.74) is 2.70. The molecule has 0 spiro atoms. The number of nitrogens with zero attached hydrogens (tertiary/aromatic N) is 3. The highest BCUT2D eigenvalue weighted by Crippen LogP contribution is 2.39. The number of hydrogen-bond donors (Lipinski definition) is 1. The van der Waals surface area contributed by atoms with Gasteiger partial charge in [0, 0.05) is 24.4 Å². The van der Waals surface area contributed by atoms with E-state index in [0.717, 1.165) is 29.8 Å². The lowest BCUT2D eigenvalue weighted by atomic mass is 9.86. The topological polar surface area (TPSA) is 74.3 Å². The fourth-order valence-electron chi connectivity index (χ4n) is 3.50. The summed E-state index contributed by atoms with van der Waals surface area (Å²) in [7, 11) is 0. The van der Waals surface area contributed by atoms with Gasteiger partial charge in [0.25, 0.3) is 0 Å². The summed E-state index contributed by atoms with van der Waals surface area (Å²) in [6, 6.07) is 12.8. The highest BCUT2D eigenvalue weighted by Gasteiger charge is 2.33. The first kappa shape index (κ1) is 25.9. The molecule has 1 heterocycles. The Labute approximate surface area is 198 Å². The van der Waals surface area contributed by atoms with Crippen LogP contribution in [0.4, 0.5) is 8.78 Å². The first-order chi connectivity index (χ1) is 16.0. The zero-order chi connectivity index (χ0) is 24.4. The van der Waals surface area contributed by atoms with Crippen molar-refractivity contribution in [3.63, 3.8) is 0 Å². The van der Waals surface area contributed by atoms with Gasteiger partial charge in [-0.05, 0) is 52.8 Å². The highest BCUT2D eigenvalue weighted by atomic mass is 32.2. The molecule has 0 saturated heterocycles. The molecule has 3 rings (SSSR count). The molecule has 0 saturated carbocycles. The van der Waals surface area contributed by atoms with E-state index in [1.165, 1.54) is 17.3 Å². The van der Waals surface area contributed by atoms with Crippen molar-refractivity contribution in [2.24, 2.45) is 11.0 Å². The molecular weight excluding hydrogens is 442 g/mol. The van der Waals surface area contributed by atoms with E-state index >= 15 is 0 Å². The molecule has 3 atom stereocenters. The van der Waals surface area contributed by atoms with E-state index in [1.54, 1.807) is 23.9 Å². The highest BCUT2D eigenvalue weighted by molar-refractivity contribution is 8.03. The van der Waals surface area contributed by atoms with Crippen molar-refractivity contribution in [1.82, 2.24) is 10.3 Å². The molecule has 8 heteroatoms. The van der Waals surface area contributed by atoms with Crippen molar-refractivity contribution in [2.45, 2.75) is 32.1 Å². The van der Waals surface area contributed by atoms with Crippen LogP contribution in [0.1, 0.15) is 43.4 Å². The number of thioether (sulfide) groups is 1. The first-order valence-corrected chi connectivity index (χ1v) is 11.6. The number of hydrazone groups is 1. The lowest BCUT2D eigenvalue weighted by Crippen LogP contribution is -2.35. The minimum absolute atomic E-state index is 0.0926. The molecule has 0 aliphatic carbocycles. The van der Waals surface area contributed by atoms with Crippen molar-refractivity contribution in [3.05, 3.63) is 89.0 Å². The maximum Gasteiger partial charge on any atom is 0.335 e. The summed E-state index contributed by atoms with van der Waals surface area (Å²) in [5, 5.41) is 26.9. The predicted octanol–water partition coefficient (Wildman–Crippen LogP) is 5.36. The van der Waals surface area contributed by atoms with Gasteiger partial charge >= 0.3 is 6.40 Å². The van der Waals surface area contributed by atoms with Crippen molar-refractivity contribution >= 4 is 23.9 Å². The SMILES string of the molecule is C=CN(C[C@H](c1cc(F)ccc1F)C(C)C1NC(c2ccc(C#N)cc2)=CS1)/N=C\[OH2+].CC. The molecular formula is C25H29F2N4OS+. The van der Waals surface area contributed by atoms with Crippen molar-refractivity contribution in [3.8, 4) is 6.07 Å². The van der Waals surface area contributed by atoms with Crippen molar-refractivity contribution in [1.29, 1.82) is 5.26 Å². The first-order valence-electron chi connectivity index (χ1n) is 10.6. The monoisotopic (exact) mass is 471 g/mol. The lowest BCUT2D eigenvalue weighted by Gasteiger charge is -2.31. The van der Waals surface area contributed by atoms with Crippen LogP contribution < -0.4 is 5.32 Å². The third-order valence-corrected chi connectivity index (χ3v) is 6.44. The minimum atomic E-state index is -0.508. The third kappa shape index (κ3) is 6.59. The third-order valence-electron chi connectivity index (χ3n) is 5.23. The predicted molar refractivity (Wildman–Crippen MR) is 132 cm³/mol. The summed E-state index contributed by atoms with van der Waals surface area (Å²) in [6.07, 6.45) is 2.34. The molecule has 174 valence electrons. The average molecular weight is 472 g/mol. The van der Waals surface area contributed by atoms with Crippen LogP contribution in [0, 0.1) is 28.9 Å². The summed E-state index contributed by atoms with van der Waals surface area (Å²) >= 11 is 1.57. The van der Waals surface area contributed by atoms with Crippen molar-refractivity contribution in [2.75, 3.05) is 6.54 Å². The van der Waals surface area contributed by atoms with Crippen molar-refractivity contribution < 1.29 is 13.9 Å². The molecule has 0 amide bonds. The van der Waals surface area contributed by atoms with Gasteiger partial charge in [0.2, 0.25) is 0 Å². The number of nitrogens with one attached hydrogen (secondary N) is 1. The molecule has 33 heavy (non-hydrogen) atoms. The Morgan fingerprint density at radius 2 is 1.97 bits per heavy atom. The van der Waals surface area contributed by atoms with Crippen LogP contribution in [0.15, 0.2) is 65.8 Å². The second-order valence-electron chi connectivity index (χ2n) is 7.10. The number of nitriles is 1. The Bertz CT molecular complexity index is 1030. The zero-order valence-corrected chi connectivity index (χ0v) is 19.7. The molecule has 2 aromatic carbocycles. The maximum atomic E-state index is 14.7. The summed E-state index contributed by atoms with van der Waals surface area (Å²) in [5.74, 6) is -1.54. The number of halogens is 2. The van der Waals surface area contributed by atoms with E-state index in [2.05, 4.69) is 23.1 Å². The molecule has 2 aromatic rings. The van der Waals surface area contributed by atoms with Gasteiger partial charge in [-0.3, -0.25) is 5.01 Å². The Hall–Kier alpha value is -3.31. The van der Waals surface area contributed by atoms with Gasteiger partial charge in [0.1, 0.15) is 11.6 Å². The van der Waals surface area contributed by atoms with E-state index in [4.69, 9.17) is 10.4 Å². The summed E-state index contributed by atoms with van der Waals surface area (Å²) < 4.78 is 28.6. The minimum Gasteiger partial charge on any atom is -0.583 e. The van der Waals surface area contributed by atoms with E-state index in [9.17, 15) is 8.78 Å². The molecule has 2 unspecified atom stereocenters. The van der Waals surface area contributed by atoms with Crippen LogP contribution in [-0.4, -0.2) is 28.4 Å². The molecule has 5 nitrogen and oxygen atoms in total. The average Bonchev–Trinajstić information content (AvgIpc) is 3.35. The Kier molecular flexibility index (Phi) is 9.95.